The maximum absolute atomic E-state index is 11.5. The van der Waals surface area contributed by atoms with E-state index in [1.807, 2.05) is 29.5 Å². The maximum Gasteiger partial charge on any atom is 0.291 e. The third kappa shape index (κ3) is 3.16. The minimum Gasteiger partial charge on any atom is -0.449 e. The number of amides is 1. The Morgan fingerprint density at radius 2 is 2.47 bits per heavy atom. The van der Waals surface area contributed by atoms with Gasteiger partial charge in [-0.1, -0.05) is 0 Å². The molecule has 7 heteroatoms. The van der Waals surface area contributed by atoms with Crippen LogP contribution in [0.3, 0.4) is 0 Å². The topological polar surface area (TPSA) is 83.3 Å². The molecule has 0 saturated heterocycles. The highest BCUT2D eigenvalue weighted by molar-refractivity contribution is 14.1. The fraction of sp³-hybridized carbons (Fsp3) is 0.100. The van der Waals surface area contributed by atoms with Crippen LogP contribution in [0.1, 0.15) is 21.9 Å². The molecule has 0 bridgehead atoms. The molecule has 0 unspecified atom stereocenters. The Morgan fingerprint density at radius 1 is 1.65 bits per heavy atom. The van der Waals surface area contributed by atoms with Crippen LogP contribution < -0.4 is 5.43 Å². The van der Waals surface area contributed by atoms with Crippen LogP contribution in [0.2, 0.25) is 0 Å². The van der Waals surface area contributed by atoms with E-state index in [1.165, 1.54) is 6.21 Å². The monoisotopic (exact) mass is 344 g/mol. The number of hydrogen-bond acceptors (Lipinski definition) is 4. The van der Waals surface area contributed by atoms with Crippen LogP contribution in [0.25, 0.3) is 0 Å². The van der Waals surface area contributed by atoms with Gasteiger partial charge in [0.2, 0.25) is 0 Å². The van der Waals surface area contributed by atoms with Gasteiger partial charge in [0.15, 0.2) is 9.46 Å². The summed E-state index contributed by atoms with van der Waals surface area (Å²) in [7, 11) is 0. The van der Waals surface area contributed by atoms with Gasteiger partial charge in [-0.3, -0.25) is 9.89 Å². The summed E-state index contributed by atoms with van der Waals surface area (Å²) in [6.45, 7) is 1.82. The maximum atomic E-state index is 11.5. The number of carbonyl (C=O) groups excluding carboxylic acids is 1. The predicted molar refractivity (Wildman–Crippen MR) is 69.8 cm³/mol. The minimum absolute atomic E-state index is 0.300. The number of hydrogen-bond donors (Lipinski definition) is 2. The number of H-pyrrole nitrogens is 1. The lowest BCUT2D eigenvalue weighted by Gasteiger charge is -1.93. The van der Waals surface area contributed by atoms with Crippen LogP contribution in [0, 0.1) is 10.7 Å². The lowest BCUT2D eigenvalue weighted by molar-refractivity contribution is 0.0950. The predicted octanol–water partition coefficient (Wildman–Crippen LogP) is 1.68. The number of hydrazone groups is 1. The van der Waals surface area contributed by atoms with Crippen molar-refractivity contribution in [2.24, 2.45) is 5.10 Å². The molecule has 2 N–H and O–H groups in total. The Hall–Kier alpha value is -1.64. The molecule has 0 aliphatic carbocycles. The Labute approximate surface area is 111 Å². The first-order chi connectivity index (χ1) is 8.15. The van der Waals surface area contributed by atoms with Crippen LogP contribution in [-0.4, -0.2) is 22.3 Å². The van der Waals surface area contributed by atoms with Gasteiger partial charge in [-0.05, 0) is 47.7 Å². The second-order valence-electron chi connectivity index (χ2n) is 3.28. The first-order valence-electron chi connectivity index (χ1n) is 4.76. The average Bonchev–Trinajstić information content (AvgIpc) is 2.88. The van der Waals surface area contributed by atoms with E-state index in [1.54, 1.807) is 18.2 Å². The number of rotatable bonds is 3. The number of furan rings is 1. The van der Waals surface area contributed by atoms with Crippen molar-refractivity contribution in [3.8, 4) is 0 Å². The zero-order chi connectivity index (χ0) is 12.3. The number of carbonyl (C=O) groups is 1. The van der Waals surface area contributed by atoms with Crippen molar-refractivity contribution in [3.05, 3.63) is 39.1 Å². The Bertz CT molecular complexity index is 558. The summed E-state index contributed by atoms with van der Waals surface area (Å²) in [5.74, 6) is 0.208. The van der Waals surface area contributed by atoms with Gasteiger partial charge >= 0.3 is 0 Å². The van der Waals surface area contributed by atoms with Crippen LogP contribution in [0.5, 0.6) is 0 Å². The van der Waals surface area contributed by atoms with E-state index in [0.29, 0.717) is 11.5 Å². The fourth-order valence-electron chi connectivity index (χ4n) is 1.14. The molecule has 2 heterocycles. The lowest BCUT2D eigenvalue weighted by Crippen LogP contribution is -2.17. The van der Waals surface area contributed by atoms with E-state index < -0.39 is 0 Å². The van der Waals surface area contributed by atoms with Crippen LogP contribution in [0.15, 0.2) is 27.7 Å². The van der Waals surface area contributed by atoms with Crippen LogP contribution in [-0.2, 0) is 0 Å². The quantitative estimate of drug-likeness (QED) is 0.505. The summed E-state index contributed by atoms with van der Waals surface area (Å²) in [4.78, 5) is 11.5. The molecule has 0 aliphatic heterocycles. The smallest absolute Gasteiger partial charge is 0.291 e. The number of halogens is 1. The van der Waals surface area contributed by atoms with Gasteiger partial charge < -0.3 is 4.42 Å². The van der Waals surface area contributed by atoms with Crippen molar-refractivity contribution in [2.75, 3.05) is 0 Å². The molecular formula is C10H9IN4O2. The first kappa shape index (κ1) is 11.8. The molecule has 1 amide bonds. The Morgan fingerprint density at radius 3 is 3.06 bits per heavy atom. The third-order valence-electron chi connectivity index (χ3n) is 1.89. The van der Waals surface area contributed by atoms with Crippen molar-refractivity contribution in [1.29, 1.82) is 0 Å². The van der Waals surface area contributed by atoms with E-state index in [-0.39, 0.29) is 5.91 Å². The molecule has 0 fully saturated rings. The molecule has 0 aliphatic rings. The van der Waals surface area contributed by atoms with Crippen molar-refractivity contribution >= 4 is 34.7 Å². The SMILES string of the molecule is Cc1cc(C(=O)NN=Cc2ccc(I)o2)n[nH]1. The van der Waals surface area contributed by atoms with Gasteiger partial charge in [0.25, 0.3) is 5.91 Å². The zero-order valence-electron chi connectivity index (χ0n) is 8.90. The Balaban J connectivity index is 1.94. The molecule has 0 atom stereocenters. The molecule has 6 nitrogen and oxygen atoms in total. The summed E-state index contributed by atoms with van der Waals surface area (Å²) in [5.41, 5.74) is 3.47. The molecule has 2 aromatic heterocycles. The molecule has 0 spiro atoms. The van der Waals surface area contributed by atoms with Crippen molar-refractivity contribution in [2.45, 2.75) is 6.92 Å². The van der Waals surface area contributed by atoms with Gasteiger partial charge in [0, 0.05) is 5.69 Å². The number of nitrogens with zero attached hydrogens (tertiary/aromatic N) is 2. The molecule has 0 aromatic carbocycles. The standard InChI is InChI=1S/C10H9IN4O2/c1-6-4-8(14-13-6)10(16)15-12-5-7-2-3-9(11)17-7/h2-5H,1H3,(H,13,14)(H,15,16). The number of aromatic nitrogens is 2. The van der Waals surface area contributed by atoms with Crippen LogP contribution in [0.4, 0.5) is 0 Å². The van der Waals surface area contributed by atoms with Crippen molar-refractivity contribution in [3.63, 3.8) is 0 Å². The summed E-state index contributed by atoms with van der Waals surface area (Å²) in [6.07, 6.45) is 1.43. The largest absolute Gasteiger partial charge is 0.449 e. The highest BCUT2D eigenvalue weighted by Crippen LogP contribution is 2.07. The number of aromatic amines is 1. The summed E-state index contributed by atoms with van der Waals surface area (Å²) < 4.78 is 6.00. The van der Waals surface area contributed by atoms with Crippen LogP contribution >= 0.6 is 22.6 Å². The van der Waals surface area contributed by atoms with Gasteiger partial charge in [0.05, 0.1) is 6.21 Å². The molecule has 2 rings (SSSR count). The average molecular weight is 344 g/mol. The summed E-state index contributed by atoms with van der Waals surface area (Å²) in [5, 5.41) is 10.3. The molecule has 88 valence electrons. The lowest BCUT2D eigenvalue weighted by atomic mass is 10.4. The molecule has 2 aromatic rings. The third-order valence-corrected chi connectivity index (χ3v) is 2.47. The van der Waals surface area contributed by atoms with Gasteiger partial charge in [-0.25, -0.2) is 5.43 Å². The van der Waals surface area contributed by atoms with Gasteiger partial charge in [0.1, 0.15) is 5.76 Å². The molecular weight excluding hydrogens is 335 g/mol. The second kappa shape index (κ2) is 5.13. The number of nitrogens with one attached hydrogen (secondary N) is 2. The number of aryl methyl sites for hydroxylation is 1. The molecule has 0 saturated carbocycles. The highest BCUT2D eigenvalue weighted by atomic mass is 127. The zero-order valence-corrected chi connectivity index (χ0v) is 11.1. The fourth-order valence-corrected chi connectivity index (χ4v) is 1.58. The first-order valence-corrected chi connectivity index (χ1v) is 5.84. The Kier molecular flexibility index (Phi) is 3.57. The summed E-state index contributed by atoms with van der Waals surface area (Å²) in [6, 6.07) is 5.21. The van der Waals surface area contributed by atoms with Gasteiger partial charge in [-0.2, -0.15) is 10.2 Å². The molecule has 0 radical (unpaired) electrons. The van der Waals surface area contributed by atoms with Gasteiger partial charge in [-0.15, -0.1) is 0 Å². The summed E-state index contributed by atoms with van der Waals surface area (Å²) >= 11 is 2.05. The molecule has 17 heavy (non-hydrogen) atoms. The van der Waals surface area contributed by atoms with E-state index >= 15 is 0 Å². The van der Waals surface area contributed by atoms with Crippen molar-refractivity contribution in [1.82, 2.24) is 15.6 Å². The van der Waals surface area contributed by atoms with E-state index in [2.05, 4.69) is 20.7 Å². The van der Waals surface area contributed by atoms with Crippen molar-refractivity contribution < 1.29 is 9.21 Å². The van der Waals surface area contributed by atoms with E-state index in [9.17, 15) is 4.79 Å². The highest BCUT2D eigenvalue weighted by Gasteiger charge is 2.07. The van der Waals surface area contributed by atoms with E-state index in [4.69, 9.17) is 4.42 Å². The second-order valence-corrected chi connectivity index (χ2v) is 4.34. The van der Waals surface area contributed by atoms with E-state index in [0.717, 1.165) is 9.46 Å². The normalized spacial score (nSPS) is 10.9. The minimum atomic E-state index is -0.369.